The lowest BCUT2D eigenvalue weighted by Gasteiger charge is -2.09. The first-order valence-corrected chi connectivity index (χ1v) is 6.89. The molecule has 96 valence electrons. The number of benzene rings is 1. The zero-order valence-electron chi connectivity index (χ0n) is 10.9. The number of nitrogens with zero attached hydrogens (tertiary/aromatic N) is 2. The molecule has 0 aliphatic carbocycles. The van der Waals surface area contributed by atoms with Crippen LogP contribution in [0.3, 0.4) is 0 Å². The van der Waals surface area contributed by atoms with E-state index in [0.29, 0.717) is 6.04 Å². The van der Waals surface area contributed by atoms with Crippen LogP contribution in [0, 0.1) is 6.92 Å². The van der Waals surface area contributed by atoms with Crippen LogP contribution in [0.1, 0.15) is 31.1 Å². The average molecular weight is 308 g/mol. The number of rotatable bonds is 4. The van der Waals surface area contributed by atoms with E-state index in [1.54, 1.807) is 0 Å². The molecule has 0 saturated carbocycles. The summed E-state index contributed by atoms with van der Waals surface area (Å²) in [6.07, 6.45) is 2.02. The minimum atomic E-state index is 0.410. The maximum absolute atomic E-state index is 4.52. The Balaban J connectivity index is 2.02. The van der Waals surface area contributed by atoms with Crippen molar-refractivity contribution in [1.29, 1.82) is 0 Å². The number of hydrogen-bond donors (Lipinski definition) is 1. The van der Waals surface area contributed by atoms with Crippen molar-refractivity contribution in [1.82, 2.24) is 9.78 Å². The largest absolute Gasteiger partial charge is 0.379 e. The third kappa shape index (κ3) is 3.13. The van der Waals surface area contributed by atoms with Crippen molar-refractivity contribution in [2.45, 2.75) is 33.4 Å². The molecule has 1 aromatic carbocycles. The molecule has 0 unspecified atom stereocenters. The van der Waals surface area contributed by atoms with Gasteiger partial charge in [-0.25, -0.2) is 0 Å². The minimum absolute atomic E-state index is 0.410. The summed E-state index contributed by atoms with van der Waals surface area (Å²) < 4.78 is 3.08. The molecular weight excluding hydrogens is 290 g/mol. The molecule has 0 aliphatic rings. The second kappa shape index (κ2) is 5.57. The van der Waals surface area contributed by atoms with Crippen molar-refractivity contribution >= 4 is 21.6 Å². The van der Waals surface area contributed by atoms with E-state index in [1.807, 2.05) is 16.9 Å². The van der Waals surface area contributed by atoms with E-state index in [4.69, 9.17) is 0 Å². The van der Waals surface area contributed by atoms with Gasteiger partial charge in [-0.1, -0.05) is 15.9 Å². The predicted octanol–water partition coefficient (Wildman–Crippen LogP) is 4.15. The third-order valence-electron chi connectivity index (χ3n) is 2.84. The molecule has 0 spiro atoms. The fourth-order valence-corrected chi connectivity index (χ4v) is 2.25. The number of nitrogens with one attached hydrogen (secondary N) is 1. The van der Waals surface area contributed by atoms with Gasteiger partial charge in [-0.05, 0) is 50.6 Å². The van der Waals surface area contributed by atoms with E-state index in [0.717, 1.165) is 22.4 Å². The number of aryl methyl sites for hydroxylation is 1. The summed E-state index contributed by atoms with van der Waals surface area (Å²) in [5, 5.41) is 7.93. The smallest absolute Gasteiger partial charge is 0.0815 e. The van der Waals surface area contributed by atoms with Gasteiger partial charge in [0.1, 0.15) is 0 Å². The molecule has 0 radical (unpaired) electrons. The molecule has 1 N–H and O–H groups in total. The third-order valence-corrected chi connectivity index (χ3v) is 3.33. The molecule has 2 rings (SSSR count). The van der Waals surface area contributed by atoms with Gasteiger partial charge in [-0.15, -0.1) is 0 Å². The Morgan fingerprint density at radius 3 is 2.72 bits per heavy atom. The Morgan fingerprint density at radius 1 is 1.33 bits per heavy atom. The molecule has 1 aromatic heterocycles. The molecular formula is C14H18BrN3. The van der Waals surface area contributed by atoms with Gasteiger partial charge in [0, 0.05) is 22.4 Å². The molecule has 4 heteroatoms. The molecule has 0 atom stereocenters. The maximum atomic E-state index is 4.52. The van der Waals surface area contributed by atoms with Crippen LogP contribution < -0.4 is 5.32 Å². The highest BCUT2D eigenvalue weighted by atomic mass is 79.9. The van der Waals surface area contributed by atoms with Crippen molar-refractivity contribution in [2.75, 3.05) is 5.32 Å². The molecule has 18 heavy (non-hydrogen) atoms. The number of aromatic nitrogens is 2. The van der Waals surface area contributed by atoms with E-state index in [1.165, 1.54) is 5.56 Å². The second-order valence-electron chi connectivity index (χ2n) is 4.69. The van der Waals surface area contributed by atoms with E-state index in [2.05, 4.69) is 65.3 Å². The Labute approximate surface area is 116 Å². The Morgan fingerprint density at radius 2 is 2.11 bits per heavy atom. The highest BCUT2D eigenvalue weighted by Crippen LogP contribution is 2.20. The topological polar surface area (TPSA) is 29.9 Å². The van der Waals surface area contributed by atoms with Crippen LogP contribution in [-0.2, 0) is 6.54 Å². The van der Waals surface area contributed by atoms with Crippen molar-refractivity contribution in [3.63, 3.8) is 0 Å². The maximum Gasteiger partial charge on any atom is 0.0815 e. The quantitative estimate of drug-likeness (QED) is 0.919. The average Bonchev–Trinajstić information content (AvgIpc) is 2.76. The summed E-state index contributed by atoms with van der Waals surface area (Å²) in [6.45, 7) is 7.11. The molecule has 1 heterocycles. The fraction of sp³-hybridized carbons (Fsp3) is 0.357. The number of anilines is 1. The summed E-state index contributed by atoms with van der Waals surface area (Å²) >= 11 is 3.47. The van der Waals surface area contributed by atoms with Crippen LogP contribution in [-0.4, -0.2) is 9.78 Å². The monoisotopic (exact) mass is 307 g/mol. The van der Waals surface area contributed by atoms with Gasteiger partial charge in [-0.2, -0.15) is 5.10 Å². The summed E-state index contributed by atoms with van der Waals surface area (Å²) in [5.74, 6) is 0. The number of halogens is 1. The lowest BCUT2D eigenvalue weighted by molar-refractivity contribution is 0.527. The lowest BCUT2D eigenvalue weighted by atomic mass is 10.2. The first-order chi connectivity index (χ1) is 8.56. The van der Waals surface area contributed by atoms with Crippen LogP contribution >= 0.6 is 15.9 Å². The summed E-state index contributed by atoms with van der Waals surface area (Å²) in [4.78, 5) is 0. The summed E-state index contributed by atoms with van der Waals surface area (Å²) in [5.41, 5.74) is 3.44. The van der Waals surface area contributed by atoms with E-state index < -0.39 is 0 Å². The molecule has 0 amide bonds. The fourth-order valence-electron chi connectivity index (χ4n) is 1.77. The zero-order valence-corrected chi connectivity index (χ0v) is 12.5. The number of hydrogen-bond acceptors (Lipinski definition) is 2. The molecule has 3 nitrogen and oxygen atoms in total. The van der Waals surface area contributed by atoms with Gasteiger partial charge < -0.3 is 5.32 Å². The highest BCUT2D eigenvalue weighted by molar-refractivity contribution is 9.10. The van der Waals surface area contributed by atoms with Gasteiger partial charge in [0.2, 0.25) is 0 Å². The lowest BCUT2D eigenvalue weighted by Crippen LogP contribution is -2.05. The Kier molecular flexibility index (Phi) is 4.07. The molecule has 2 aromatic rings. The van der Waals surface area contributed by atoms with Crippen LogP contribution in [0.4, 0.5) is 5.69 Å². The molecule has 0 saturated heterocycles. The van der Waals surface area contributed by atoms with Gasteiger partial charge in [-0.3, -0.25) is 4.68 Å². The highest BCUT2D eigenvalue weighted by Gasteiger charge is 2.03. The van der Waals surface area contributed by atoms with Gasteiger partial charge in [0.25, 0.3) is 0 Å². The van der Waals surface area contributed by atoms with Crippen LogP contribution in [0.2, 0.25) is 0 Å². The molecule has 0 bridgehead atoms. The van der Waals surface area contributed by atoms with E-state index in [9.17, 15) is 0 Å². The van der Waals surface area contributed by atoms with Crippen LogP contribution in [0.5, 0.6) is 0 Å². The molecule has 0 fully saturated rings. The zero-order chi connectivity index (χ0) is 13.1. The van der Waals surface area contributed by atoms with Gasteiger partial charge >= 0.3 is 0 Å². The van der Waals surface area contributed by atoms with E-state index in [-0.39, 0.29) is 0 Å². The van der Waals surface area contributed by atoms with Crippen molar-refractivity contribution < 1.29 is 0 Å². The van der Waals surface area contributed by atoms with Crippen molar-refractivity contribution in [3.05, 3.63) is 46.2 Å². The SMILES string of the molecule is Cc1cc(Br)ccc1NCc1ccn(C(C)C)n1. The van der Waals surface area contributed by atoms with Crippen molar-refractivity contribution in [2.24, 2.45) is 0 Å². The predicted molar refractivity (Wildman–Crippen MR) is 78.8 cm³/mol. The standard InChI is InChI=1S/C14H18BrN3/c1-10(2)18-7-6-13(17-18)9-16-14-5-4-12(15)8-11(14)3/h4-8,10,16H,9H2,1-3H3. The van der Waals surface area contributed by atoms with Gasteiger partial charge in [0.15, 0.2) is 0 Å². The van der Waals surface area contributed by atoms with Crippen LogP contribution in [0.25, 0.3) is 0 Å². The second-order valence-corrected chi connectivity index (χ2v) is 5.61. The van der Waals surface area contributed by atoms with Crippen molar-refractivity contribution in [3.8, 4) is 0 Å². The Bertz CT molecular complexity index is 532. The Hall–Kier alpha value is -1.29. The van der Waals surface area contributed by atoms with Crippen LogP contribution in [0.15, 0.2) is 34.9 Å². The van der Waals surface area contributed by atoms with Gasteiger partial charge in [0.05, 0.1) is 12.2 Å². The first-order valence-electron chi connectivity index (χ1n) is 6.10. The molecule has 0 aliphatic heterocycles. The first kappa shape index (κ1) is 13.1. The minimum Gasteiger partial charge on any atom is -0.379 e. The van der Waals surface area contributed by atoms with E-state index >= 15 is 0 Å². The summed E-state index contributed by atoms with van der Waals surface area (Å²) in [7, 11) is 0. The normalized spacial score (nSPS) is 10.9. The summed E-state index contributed by atoms with van der Waals surface area (Å²) in [6, 6.07) is 8.70.